The lowest BCUT2D eigenvalue weighted by atomic mass is 9.84. The van der Waals surface area contributed by atoms with Crippen LogP contribution in [0.3, 0.4) is 0 Å². The molecule has 0 bridgehead atoms. The van der Waals surface area contributed by atoms with Gasteiger partial charge in [0.15, 0.2) is 46.4 Å². The molecule has 2 aliphatic rings. The molecular formula is C57H59ClN10O11. The predicted molar refractivity (Wildman–Crippen MR) is 294 cm³/mol. The maximum absolute atomic E-state index is 12.4. The van der Waals surface area contributed by atoms with Crippen molar-refractivity contribution in [1.29, 1.82) is 0 Å². The standard InChI is InChI=1S/C21H19ClO2.C18H19N5O4.C17H17N5O5.CH4/c1-23-19-12-8-17(9-13-19)21(22,16-6-4-3-5-7-16)18-10-14-20(24-2)15-11-18;1-2-11-13(24)14(25)18(27-11)23-9-21-12-15(19-8-20-16(12)23)22-17(26)10-6-4-3-5-7-10;23-6-10-12(24)13(25)17(27-10)22-8-20-11-14(18-7-19-15(11)22)21-16(26)9-4-2-1-3-5-9;/h3-15H,1-2H3;3-9,11,13-14,18,24-25H,2H2,1H3,(H,19,20,22,26);1-5,7-8,10,12-13,17,23-25H,6H2,(H,18,19,21,26);1H4/t;11-,13-,14-,18-;10-,12-,13-,17-;/m.11./s1. The van der Waals surface area contributed by atoms with E-state index < -0.39 is 60.6 Å². The number of alkyl halides is 1. The molecule has 4 aromatic heterocycles. The highest BCUT2D eigenvalue weighted by Crippen LogP contribution is 2.44. The average molecular weight is 1100 g/mol. The number of aliphatic hydroxyl groups is 5. The molecule has 21 nitrogen and oxygen atoms in total. The number of halogens is 1. The van der Waals surface area contributed by atoms with Crippen LogP contribution in [0.15, 0.2) is 165 Å². The number of aromatic nitrogens is 8. The SMILES string of the molecule is C.CC[C@H]1O[C@@H](n2cnc3c(NC(=O)c4ccccc4)ncnc32)[C@H](O)[C@@H]1O.COc1ccc(C(Cl)(c2ccccc2)c2ccc(OC)cc2)cc1.O=C(Nc1ncnc2c1ncn2[C@@H]1O[C@H](CO)[C@@H](O)[C@H]1O)c1ccccc1. The number of carbonyl (C=O) groups excluding carboxylic acids is 2. The van der Waals surface area contributed by atoms with Crippen LogP contribution in [-0.2, 0) is 14.3 Å². The fourth-order valence-corrected chi connectivity index (χ4v) is 9.39. The van der Waals surface area contributed by atoms with E-state index >= 15 is 0 Å². The van der Waals surface area contributed by atoms with Crippen molar-refractivity contribution in [1.82, 2.24) is 39.0 Å². The first-order chi connectivity index (χ1) is 37.9. The summed E-state index contributed by atoms with van der Waals surface area (Å²) in [6.45, 7) is 1.43. The summed E-state index contributed by atoms with van der Waals surface area (Å²) >= 11 is 7.22. The molecule has 0 saturated carbocycles. The van der Waals surface area contributed by atoms with Crippen molar-refractivity contribution >= 4 is 57.4 Å². The van der Waals surface area contributed by atoms with Crippen molar-refractivity contribution in [3.8, 4) is 11.5 Å². The predicted octanol–water partition coefficient (Wildman–Crippen LogP) is 6.67. The van der Waals surface area contributed by atoms with Crippen LogP contribution < -0.4 is 20.1 Å². The minimum absolute atomic E-state index is 0. The average Bonchev–Trinajstić information content (AvgIpc) is 4.44. The third-order valence-electron chi connectivity index (χ3n) is 13.2. The Bertz CT molecular complexity index is 3230. The zero-order chi connectivity index (χ0) is 54.9. The van der Waals surface area contributed by atoms with Crippen LogP contribution in [0, 0.1) is 0 Å². The van der Waals surface area contributed by atoms with Crippen LogP contribution >= 0.6 is 11.6 Å². The second-order valence-electron chi connectivity index (χ2n) is 17.9. The third-order valence-corrected chi connectivity index (χ3v) is 13.9. The summed E-state index contributed by atoms with van der Waals surface area (Å²) in [5.41, 5.74) is 5.32. The second-order valence-corrected chi connectivity index (χ2v) is 18.5. The fraction of sp³-hybridized carbons (Fsp3) is 0.263. The first kappa shape index (κ1) is 56.9. The highest BCUT2D eigenvalue weighted by Gasteiger charge is 2.45. The van der Waals surface area contributed by atoms with Gasteiger partial charge in [0, 0.05) is 11.1 Å². The highest BCUT2D eigenvalue weighted by atomic mass is 35.5. The van der Waals surface area contributed by atoms with Crippen molar-refractivity contribution in [3.63, 3.8) is 0 Å². The molecule has 9 aromatic rings. The van der Waals surface area contributed by atoms with Gasteiger partial charge >= 0.3 is 0 Å². The Labute approximate surface area is 459 Å². The quantitative estimate of drug-likeness (QED) is 0.0469. The number of methoxy groups -OCH3 is 2. The lowest BCUT2D eigenvalue weighted by Crippen LogP contribution is -2.33. The first-order valence-corrected chi connectivity index (χ1v) is 25.0. The van der Waals surface area contributed by atoms with Gasteiger partial charge in [-0.2, -0.15) is 0 Å². The van der Waals surface area contributed by atoms with Gasteiger partial charge in [-0.05, 0) is 71.6 Å². The van der Waals surface area contributed by atoms with Crippen molar-refractivity contribution in [2.24, 2.45) is 0 Å². The van der Waals surface area contributed by atoms with Gasteiger partial charge in [-0.25, -0.2) is 29.9 Å². The lowest BCUT2D eigenvalue weighted by molar-refractivity contribution is -0.0511. The van der Waals surface area contributed by atoms with Gasteiger partial charge in [-0.3, -0.25) is 18.7 Å². The Hall–Kier alpha value is -8.25. The van der Waals surface area contributed by atoms with Crippen LogP contribution in [0.2, 0.25) is 0 Å². The summed E-state index contributed by atoms with van der Waals surface area (Å²) in [4.78, 5) is 49.0. The maximum atomic E-state index is 12.4. The van der Waals surface area contributed by atoms with Crippen LogP contribution in [0.25, 0.3) is 22.3 Å². The van der Waals surface area contributed by atoms with Gasteiger partial charge in [-0.15, -0.1) is 11.6 Å². The number of fused-ring (bicyclic) bond motifs is 2. The van der Waals surface area contributed by atoms with E-state index in [1.54, 1.807) is 67.3 Å². The second kappa shape index (κ2) is 25.5. The summed E-state index contributed by atoms with van der Waals surface area (Å²) < 4.78 is 24.8. The summed E-state index contributed by atoms with van der Waals surface area (Å²) in [6.07, 6.45) is -1.84. The van der Waals surface area contributed by atoms with E-state index in [1.807, 2.05) is 97.9 Å². The number of amides is 2. The van der Waals surface area contributed by atoms with E-state index in [0.29, 0.717) is 39.9 Å². The zero-order valence-corrected chi connectivity index (χ0v) is 43.0. The molecule has 5 aromatic carbocycles. The van der Waals surface area contributed by atoms with Crippen LogP contribution in [-0.4, -0.2) is 134 Å². The third kappa shape index (κ3) is 11.9. The molecule has 2 aliphatic heterocycles. The molecule has 6 heterocycles. The molecule has 0 spiro atoms. The first-order valence-electron chi connectivity index (χ1n) is 24.6. The van der Waals surface area contributed by atoms with Crippen molar-refractivity contribution < 1.29 is 54.1 Å². The Kier molecular flexibility index (Phi) is 18.4. The number of hydrogen-bond donors (Lipinski definition) is 7. The highest BCUT2D eigenvalue weighted by molar-refractivity contribution is 6.28. The van der Waals surface area contributed by atoms with E-state index in [1.165, 1.54) is 29.9 Å². The molecule has 11 rings (SSSR count). The molecular weight excluding hydrogens is 1040 g/mol. The van der Waals surface area contributed by atoms with Crippen LogP contribution in [0.1, 0.15) is 70.6 Å². The Morgan fingerprint density at radius 2 is 0.937 bits per heavy atom. The van der Waals surface area contributed by atoms with Gasteiger partial charge in [0.2, 0.25) is 0 Å². The van der Waals surface area contributed by atoms with Gasteiger partial charge in [-0.1, -0.05) is 105 Å². The topological polar surface area (TPSA) is 283 Å². The molecule has 22 heteroatoms. The number of hydrogen-bond acceptors (Lipinski definition) is 17. The molecule has 2 saturated heterocycles. The Morgan fingerprint density at radius 1 is 0.557 bits per heavy atom. The molecule has 79 heavy (non-hydrogen) atoms. The summed E-state index contributed by atoms with van der Waals surface area (Å²) in [5, 5.41) is 55.2. The Balaban J connectivity index is 0.000000155. The largest absolute Gasteiger partial charge is 0.497 e. The fourth-order valence-electron chi connectivity index (χ4n) is 9.01. The van der Waals surface area contributed by atoms with Gasteiger partial charge in [0.1, 0.15) is 59.5 Å². The summed E-state index contributed by atoms with van der Waals surface area (Å²) in [7, 11) is 3.31. The Morgan fingerprint density at radius 3 is 1.30 bits per heavy atom. The number of anilines is 2. The molecule has 0 unspecified atom stereocenters. The maximum Gasteiger partial charge on any atom is 0.256 e. The van der Waals surface area contributed by atoms with E-state index in [9.17, 15) is 35.1 Å². The molecule has 7 N–H and O–H groups in total. The normalized spacial score (nSPS) is 20.5. The van der Waals surface area contributed by atoms with E-state index in [2.05, 4.69) is 40.5 Å². The van der Waals surface area contributed by atoms with Crippen LogP contribution in [0.4, 0.5) is 11.6 Å². The number of aliphatic hydroxyl groups excluding tert-OH is 5. The number of carbonyl (C=O) groups is 2. The van der Waals surface area contributed by atoms with Gasteiger partial charge in [0.25, 0.3) is 11.8 Å². The summed E-state index contributed by atoms with van der Waals surface area (Å²) in [6, 6.07) is 43.2. The van der Waals surface area contributed by atoms with Gasteiger partial charge in [0.05, 0.1) is 39.6 Å². The van der Waals surface area contributed by atoms with E-state index in [-0.39, 0.29) is 30.9 Å². The smallest absolute Gasteiger partial charge is 0.256 e. The number of rotatable bonds is 13. The minimum Gasteiger partial charge on any atom is -0.497 e. The van der Waals surface area contributed by atoms with Crippen LogP contribution in [0.5, 0.6) is 11.5 Å². The monoisotopic (exact) mass is 1090 g/mol. The number of ether oxygens (including phenoxy) is 4. The van der Waals surface area contributed by atoms with E-state index in [0.717, 1.165) is 28.2 Å². The minimum atomic E-state index is -1.27. The molecule has 8 atom stereocenters. The molecule has 2 amide bonds. The molecule has 2 fully saturated rings. The molecule has 410 valence electrons. The van der Waals surface area contributed by atoms with E-state index in [4.69, 9.17) is 30.5 Å². The van der Waals surface area contributed by atoms with Crippen molar-refractivity contribution in [2.45, 2.75) is 74.7 Å². The number of imidazole rings is 2. The zero-order valence-electron chi connectivity index (χ0n) is 42.3. The summed E-state index contributed by atoms with van der Waals surface area (Å²) in [5.74, 6) is 1.41. The van der Waals surface area contributed by atoms with Gasteiger partial charge < -0.3 is 55.1 Å². The van der Waals surface area contributed by atoms with Crippen molar-refractivity contribution in [3.05, 3.63) is 193 Å². The van der Waals surface area contributed by atoms with Crippen molar-refractivity contribution in [2.75, 3.05) is 31.5 Å². The number of nitrogens with one attached hydrogen (secondary N) is 2. The lowest BCUT2D eigenvalue weighted by Gasteiger charge is -2.29. The number of benzene rings is 5. The number of nitrogens with zero attached hydrogens (tertiary/aromatic N) is 8. The molecule has 0 radical (unpaired) electrons. The molecule has 0 aliphatic carbocycles.